The quantitative estimate of drug-likeness (QED) is 0.709. The zero-order chi connectivity index (χ0) is 10.1. The van der Waals surface area contributed by atoms with E-state index in [9.17, 15) is 0 Å². The van der Waals surface area contributed by atoms with E-state index in [1.54, 1.807) is 0 Å². The Hall–Kier alpha value is -0.0400. The lowest BCUT2D eigenvalue weighted by Crippen LogP contribution is -2.50. The van der Waals surface area contributed by atoms with Gasteiger partial charge in [0, 0.05) is 6.04 Å². The highest BCUT2D eigenvalue weighted by Crippen LogP contribution is 2.33. The van der Waals surface area contributed by atoms with Crippen molar-refractivity contribution in [3.63, 3.8) is 0 Å². The third kappa shape index (κ3) is 3.30. The van der Waals surface area contributed by atoms with E-state index < -0.39 is 0 Å². The highest BCUT2D eigenvalue weighted by molar-refractivity contribution is 4.88. The first-order valence-electron chi connectivity index (χ1n) is 5.63. The van der Waals surface area contributed by atoms with Crippen molar-refractivity contribution in [1.82, 2.24) is 5.32 Å². The third-order valence-electron chi connectivity index (χ3n) is 3.08. The molecule has 0 aromatic rings. The van der Waals surface area contributed by atoms with Crippen LogP contribution in [0.2, 0.25) is 0 Å². The molecule has 1 fully saturated rings. The molecule has 78 valence electrons. The molecule has 2 unspecified atom stereocenters. The highest BCUT2D eigenvalue weighted by atomic mass is 15.0. The zero-order valence-electron chi connectivity index (χ0n) is 9.85. The van der Waals surface area contributed by atoms with Gasteiger partial charge in [0.25, 0.3) is 0 Å². The second-order valence-electron chi connectivity index (χ2n) is 6.02. The van der Waals surface area contributed by atoms with Crippen LogP contribution in [0.3, 0.4) is 0 Å². The molecule has 1 aliphatic rings. The Morgan fingerprint density at radius 1 is 1.31 bits per heavy atom. The van der Waals surface area contributed by atoms with Crippen LogP contribution in [0.1, 0.15) is 47.5 Å². The summed E-state index contributed by atoms with van der Waals surface area (Å²) in [6.45, 7) is 13.0. The summed E-state index contributed by atoms with van der Waals surface area (Å²) in [5, 5.41) is 3.55. The van der Waals surface area contributed by atoms with Crippen LogP contribution in [-0.2, 0) is 0 Å². The molecule has 1 N–H and O–H groups in total. The van der Waals surface area contributed by atoms with Crippen molar-refractivity contribution in [2.24, 2.45) is 17.3 Å². The van der Waals surface area contributed by atoms with Crippen molar-refractivity contribution < 1.29 is 0 Å². The SMILES string of the molecule is CC(C)C(CC(C)(C)C)C1CCN1. The standard InChI is InChI=1S/C12H25N/c1-9(2)10(8-12(3,4)5)11-6-7-13-11/h9-11,13H,6-8H2,1-5H3. The summed E-state index contributed by atoms with van der Waals surface area (Å²) in [4.78, 5) is 0. The van der Waals surface area contributed by atoms with Crippen molar-refractivity contribution in [1.29, 1.82) is 0 Å². The maximum absolute atomic E-state index is 3.55. The third-order valence-corrected chi connectivity index (χ3v) is 3.08. The van der Waals surface area contributed by atoms with Crippen LogP contribution in [0.15, 0.2) is 0 Å². The summed E-state index contributed by atoms with van der Waals surface area (Å²) in [5.74, 6) is 1.69. The van der Waals surface area contributed by atoms with Crippen LogP contribution < -0.4 is 5.32 Å². The number of hydrogen-bond acceptors (Lipinski definition) is 1. The summed E-state index contributed by atoms with van der Waals surface area (Å²) in [7, 11) is 0. The Morgan fingerprint density at radius 2 is 1.85 bits per heavy atom. The first-order valence-corrected chi connectivity index (χ1v) is 5.63. The predicted octanol–water partition coefficient (Wildman–Crippen LogP) is 3.06. The summed E-state index contributed by atoms with van der Waals surface area (Å²) >= 11 is 0. The molecule has 13 heavy (non-hydrogen) atoms. The summed E-state index contributed by atoms with van der Waals surface area (Å²) in [5.41, 5.74) is 0.478. The minimum Gasteiger partial charge on any atom is -0.314 e. The molecule has 1 aliphatic heterocycles. The van der Waals surface area contributed by atoms with E-state index in [0.29, 0.717) is 5.41 Å². The van der Waals surface area contributed by atoms with Crippen molar-refractivity contribution in [3.05, 3.63) is 0 Å². The zero-order valence-corrected chi connectivity index (χ0v) is 9.85. The number of nitrogens with one attached hydrogen (secondary N) is 1. The molecular weight excluding hydrogens is 158 g/mol. The molecule has 1 saturated heterocycles. The molecule has 0 spiro atoms. The second-order valence-corrected chi connectivity index (χ2v) is 6.02. The second kappa shape index (κ2) is 4.00. The van der Waals surface area contributed by atoms with Gasteiger partial charge in [0.2, 0.25) is 0 Å². The topological polar surface area (TPSA) is 12.0 Å². The van der Waals surface area contributed by atoms with Crippen LogP contribution in [0, 0.1) is 17.3 Å². The normalized spacial score (nSPS) is 25.8. The minimum absolute atomic E-state index is 0.478. The van der Waals surface area contributed by atoms with Crippen molar-refractivity contribution >= 4 is 0 Å². The van der Waals surface area contributed by atoms with Crippen LogP contribution in [0.5, 0.6) is 0 Å². The van der Waals surface area contributed by atoms with E-state index >= 15 is 0 Å². The Kier molecular flexibility index (Phi) is 3.39. The molecule has 1 rings (SSSR count). The first-order chi connectivity index (χ1) is 5.90. The molecule has 0 aromatic heterocycles. The van der Waals surface area contributed by atoms with E-state index in [1.165, 1.54) is 19.4 Å². The van der Waals surface area contributed by atoms with Crippen LogP contribution >= 0.6 is 0 Å². The minimum atomic E-state index is 0.478. The molecule has 0 aromatic carbocycles. The Balaban J connectivity index is 2.47. The molecule has 0 bridgehead atoms. The lowest BCUT2D eigenvalue weighted by atomic mass is 9.73. The Morgan fingerprint density at radius 3 is 2.08 bits per heavy atom. The van der Waals surface area contributed by atoms with Gasteiger partial charge in [-0.05, 0) is 36.6 Å². The van der Waals surface area contributed by atoms with Gasteiger partial charge < -0.3 is 5.32 Å². The molecule has 1 heteroatoms. The summed E-state index contributed by atoms with van der Waals surface area (Å²) < 4.78 is 0. The molecule has 1 heterocycles. The fraction of sp³-hybridized carbons (Fsp3) is 1.00. The van der Waals surface area contributed by atoms with Gasteiger partial charge in [0.05, 0.1) is 0 Å². The fourth-order valence-corrected chi connectivity index (χ4v) is 2.23. The monoisotopic (exact) mass is 183 g/mol. The first kappa shape index (κ1) is 11.0. The number of hydrogen-bond donors (Lipinski definition) is 1. The van der Waals surface area contributed by atoms with Crippen molar-refractivity contribution in [2.45, 2.75) is 53.5 Å². The van der Waals surface area contributed by atoms with Gasteiger partial charge in [-0.3, -0.25) is 0 Å². The number of rotatable bonds is 3. The maximum Gasteiger partial charge on any atom is 0.0110 e. The highest BCUT2D eigenvalue weighted by Gasteiger charge is 2.31. The van der Waals surface area contributed by atoms with Gasteiger partial charge in [0.15, 0.2) is 0 Å². The van der Waals surface area contributed by atoms with Crippen LogP contribution in [0.4, 0.5) is 0 Å². The largest absolute Gasteiger partial charge is 0.314 e. The van der Waals surface area contributed by atoms with Gasteiger partial charge in [-0.25, -0.2) is 0 Å². The van der Waals surface area contributed by atoms with Gasteiger partial charge in [-0.15, -0.1) is 0 Å². The van der Waals surface area contributed by atoms with E-state index in [-0.39, 0.29) is 0 Å². The predicted molar refractivity (Wildman–Crippen MR) is 58.8 cm³/mol. The van der Waals surface area contributed by atoms with Gasteiger partial charge >= 0.3 is 0 Å². The van der Waals surface area contributed by atoms with Crippen molar-refractivity contribution in [3.8, 4) is 0 Å². The Labute approximate surface area is 83.3 Å². The van der Waals surface area contributed by atoms with E-state index in [0.717, 1.165) is 17.9 Å². The summed E-state index contributed by atoms with van der Waals surface area (Å²) in [6.07, 6.45) is 2.74. The smallest absolute Gasteiger partial charge is 0.0110 e. The summed E-state index contributed by atoms with van der Waals surface area (Å²) in [6, 6.07) is 0.805. The molecule has 0 radical (unpaired) electrons. The van der Waals surface area contributed by atoms with E-state index in [2.05, 4.69) is 39.9 Å². The molecule has 1 nitrogen and oxygen atoms in total. The molecular formula is C12H25N. The van der Waals surface area contributed by atoms with Crippen molar-refractivity contribution in [2.75, 3.05) is 6.54 Å². The molecule has 0 aliphatic carbocycles. The molecule has 2 atom stereocenters. The fourth-order valence-electron chi connectivity index (χ4n) is 2.23. The van der Waals surface area contributed by atoms with Gasteiger partial charge in [-0.1, -0.05) is 34.6 Å². The maximum atomic E-state index is 3.55. The van der Waals surface area contributed by atoms with E-state index in [4.69, 9.17) is 0 Å². The van der Waals surface area contributed by atoms with Crippen LogP contribution in [0.25, 0.3) is 0 Å². The average Bonchev–Trinajstić information content (AvgIpc) is 1.78. The molecule has 0 saturated carbocycles. The lowest BCUT2D eigenvalue weighted by molar-refractivity contribution is 0.149. The van der Waals surface area contributed by atoms with Gasteiger partial charge in [0.1, 0.15) is 0 Å². The average molecular weight is 183 g/mol. The molecule has 0 amide bonds. The van der Waals surface area contributed by atoms with Gasteiger partial charge in [-0.2, -0.15) is 0 Å². The lowest BCUT2D eigenvalue weighted by Gasteiger charge is -2.40. The van der Waals surface area contributed by atoms with Crippen LogP contribution in [-0.4, -0.2) is 12.6 Å². The van der Waals surface area contributed by atoms with E-state index in [1.807, 2.05) is 0 Å². The Bertz CT molecular complexity index is 151.